The van der Waals surface area contributed by atoms with E-state index in [1.807, 2.05) is 24.3 Å². The van der Waals surface area contributed by atoms with Crippen molar-refractivity contribution in [1.29, 1.82) is 5.26 Å². The molecule has 0 aliphatic heterocycles. The van der Waals surface area contributed by atoms with Gasteiger partial charge in [0, 0.05) is 19.4 Å². The number of pyridine rings is 1. The van der Waals surface area contributed by atoms with E-state index in [9.17, 15) is 14.9 Å². The van der Waals surface area contributed by atoms with Crippen molar-refractivity contribution in [2.45, 2.75) is 49.3 Å². The van der Waals surface area contributed by atoms with Gasteiger partial charge in [0.25, 0.3) is 5.56 Å². The normalized spacial score (nSPS) is 15.2. The maximum absolute atomic E-state index is 13.2. The topological polar surface area (TPSA) is 91.9 Å². The summed E-state index contributed by atoms with van der Waals surface area (Å²) >= 11 is 1.24. The molecule has 0 N–H and O–H groups in total. The van der Waals surface area contributed by atoms with Crippen LogP contribution in [0.2, 0.25) is 0 Å². The summed E-state index contributed by atoms with van der Waals surface area (Å²) in [5, 5.41) is 10.8. The number of para-hydroxylation sites is 1. The smallest absolute Gasteiger partial charge is 0.262 e. The van der Waals surface area contributed by atoms with Gasteiger partial charge in [0.15, 0.2) is 5.16 Å². The number of nitriles is 1. The van der Waals surface area contributed by atoms with Crippen molar-refractivity contribution in [2.75, 3.05) is 12.8 Å². The van der Waals surface area contributed by atoms with Gasteiger partial charge in [-0.15, -0.1) is 0 Å². The van der Waals surface area contributed by atoms with Gasteiger partial charge in [-0.25, -0.2) is 4.98 Å². The van der Waals surface area contributed by atoms with Crippen molar-refractivity contribution >= 4 is 28.6 Å². The standard InChI is InChI=1S/C24H25N5O2S/c1-28(24(17-25)11-5-2-6-12-24)21(30)16-32-23-27-20-10-4-3-9-19(20)22(31)29(23)15-18-8-7-13-26-14-18/h3-4,7-10,13-14H,2,5-6,11-12,15-16H2,1H3. The van der Waals surface area contributed by atoms with Gasteiger partial charge < -0.3 is 4.90 Å². The van der Waals surface area contributed by atoms with Crippen LogP contribution >= 0.6 is 11.8 Å². The molecule has 1 amide bonds. The maximum Gasteiger partial charge on any atom is 0.262 e. The van der Waals surface area contributed by atoms with Crippen LogP contribution in [0.4, 0.5) is 0 Å². The minimum atomic E-state index is -0.734. The highest BCUT2D eigenvalue weighted by Crippen LogP contribution is 2.33. The van der Waals surface area contributed by atoms with Crippen LogP contribution < -0.4 is 5.56 Å². The first-order valence-corrected chi connectivity index (χ1v) is 11.7. The van der Waals surface area contributed by atoms with Crippen LogP contribution in [0.3, 0.4) is 0 Å². The van der Waals surface area contributed by atoms with Crippen molar-refractivity contribution in [3.8, 4) is 6.07 Å². The zero-order valence-corrected chi connectivity index (χ0v) is 18.8. The zero-order valence-electron chi connectivity index (χ0n) is 18.0. The Kier molecular flexibility index (Phi) is 6.56. The van der Waals surface area contributed by atoms with Gasteiger partial charge in [0.2, 0.25) is 5.91 Å². The van der Waals surface area contributed by atoms with Crippen LogP contribution in [-0.4, -0.2) is 43.7 Å². The summed E-state index contributed by atoms with van der Waals surface area (Å²) in [6.45, 7) is 0.318. The minimum absolute atomic E-state index is 0.109. The molecule has 1 aliphatic rings. The Balaban J connectivity index is 1.62. The number of rotatable bonds is 6. The molecule has 1 fully saturated rings. The average Bonchev–Trinajstić information content (AvgIpc) is 2.85. The molecular weight excluding hydrogens is 422 g/mol. The number of amides is 1. The molecule has 4 rings (SSSR count). The number of benzene rings is 1. The van der Waals surface area contributed by atoms with Gasteiger partial charge in [0.1, 0.15) is 5.54 Å². The number of fused-ring (bicyclic) bond motifs is 1. The van der Waals surface area contributed by atoms with Gasteiger partial charge in [0.05, 0.1) is 29.3 Å². The third-order valence-corrected chi connectivity index (χ3v) is 7.08. The van der Waals surface area contributed by atoms with Gasteiger partial charge in [-0.1, -0.05) is 49.2 Å². The summed E-state index contributed by atoms with van der Waals surface area (Å²) in [6.07, 6.45) is 7.82. The van der Waals surface area contributed by atoms with Crippen LogP contribution in [0.5, 0.6) is 0 Å². The molecule has 2 aromatic heterocycles. The van der Waals surface area contributed by atoms with Crippen molar-refractivity contribution < 1.29 is 4.79 Å². The lowest BCUT2D eigenvalue weighted by Gasteiger charge is -2.39. The molecule has 32 heavy (non-hydrogen) atoms. The molecule has 0 unspecified atom stereocenters. The Morgan fingerprint density at radius 2 is 2.00 bits per heavy atom. The number of carbonyl (C=O) groups is 1. The summed E-state index contributed by atoms with van der Waals surface area (Å²) in [4.78, 5) is 36.7. The molecule has 3 aromatic rings. The molecular formula is C24H25N5O2S. The predicted molar refractivity (Wildman–Crippen MR) is 124 cm³/mol. The van der Waals surface area contributed by atoms with E-state index in [1.165, 1.54) is 11.8 Å². The first kappa shape index (κ1) is 22.0. The molecule has 0 saturated heterocycles. The quantitative estimate of drug-likeness (QED) is 0.423. The number of thioether (sulfide) groups is 1. The Morgan fingerprint density at radius 1 is 1.22 bits per heavy atom. The van der Waals surface area contributed by atoms with E-state index >= 15 is 0 Å². The van der Waals surface area contributed by atoms with Gasteiger partial charge in [-0.2, -0.15) is 5.26 Å². The fourth-order valence-corrected chi connectivity index (χ4v) is 5.10. The van der Waals surface area contributed by atoms with Gasteiger partial charge >= 0.3 is 0 Å². The number of hydrogen-bond acceptors (Lipinski definition) is 6. The highest BCUT2D eigenvalue weighted by molar-refractivity contribution is 7.99. The molecule has 164 valence electrons. The zero-order chi connectivity index (χ0) is 22.6. The van der Waals surface area contributed by atoms with E-state index in [2.05, 4.69) is 16.0 Å². The van der Waals surface area contributed by atoms with Crippen molar-refractivity contribution in [3.63, 3.8) is 0 Å². The molecule has 1 aromatic carbocycles. The van der Waals surface area contributed by atoms with Gasteiger partial charge in [-0.05, 0) is 36.6 Å². The molecule has 1 saturated carbocycles. The monoisotopic (exact) mass is 447 g/mol. The second-order valence-corrected chi connectivity index (χ2v) is 9.05. The highest BCUT2D eigenvalue weighted by Gasteiger charge is 2.38. The van der Waals surface area contributed by atoms with Gasteiger partial charge in [-0.3, -0.25) is 19.1 Å². The Labute approximate surface area is 191 Å². The fourth-order valence-electron chi connectivity index (χ4n) is 4.19. The highest BCUT2D eigenvalue weighted by atomic mass is 32.2. The summed E-state index contributed by atoms with van der Waals surface area (Å²) in [5.41, 5.74) is 0.595. The maximum atomic E-state index is 13.2. The van der Waals surface area contributed by atoms with Crippen LogP contribution in [0.25, 0.3) is 10.9 Å². The van der Waals surface area contributed by atoms with E-state index in [0.717, 1.165) is 24.8 Å². The lowest BCUT2D eigenvalue weighted by molar-refractivity contribution is -0.131. The van der Waals surface area contributed by atoms with E-state index in [0.29, 0.717) is 35.4 Å². The van der Waals surface area contributed by atoms with Crippen LogP contribution in [0.15, 0.2) is 58.7 Å². The third-order valence-electron chi connectivity index (χ3n) is 6.12. The Morgan fingerprint density at radius 3 is 2.72 bits per heavy atom. The molecule has 0 bridgehead atoms. The summed E-state index contributed by atoms with van der Waals surface area (Å²) in [7, 11) is 1.72. The summed E-state index contributed by atoms with van der Waals surface area (Å²) < 4.78 is 1.60. The first-order chi connectivity index (χ1) is 15.5. The van der Waals surface area contributed by atoms with E-state index in [4.69, 9.17) is 0 Å². The summed E-state index contributed by atoms with van der Waals surface area (Å²) in [6, 6.07) is 13.3. The van der Waals surface area contributed by atoms with Crippen molar-refractivity contribution in [1.82, 2.24) is 19.4 Å². The minimum Gasteiger partial charge on any atom is -0.326 e. The Hall–Kier alpha value is -3.18. The number of aromatic nitrogens is 3. The second-order valence-electron chi connectivity index (χ2n) is 8.11. The molecule has 0 atom stereocenters. The van der Waals surface area contributed by atoms with Crippen molar-refractivity contribution in [2.24, 2.45) is 0 Å². The molecule has 0 spiro atoms. The van der Waals surface area contributed by atoms with E-state index in [1.54, 1.807) is 41.0 Å². The second kappa shape index (κ2) is 9.53. The largest absolute Gasteiger partial charge is 0.326 e. The number of nitrogens with zero attached hydrogens (tertiary/aromatic N) is 5. The van der Waals surface area contributed by atoms with Crippen molar-refractivity contribution in [3.05, 3.63) is 64.7 Å². The van der Waals surface area contributed by atoms with Crippen LogP contribution in [0, 0.1) is 11.3 Å². The number of hydrogen-bond donors (Lipinski definition) is 0. The molecule has 7 nitrogen and oxygen atoms in total. The molecule has 1 aliphatic carbocycles. The predicted octanol–water partition coefficient (Wildman–Crippen LogP) is 3.62. The van der Waals surface area contributed by atoms with E-state index in [-0.39, 0.29) is 17.2 Å². The lowest BCUT2D eigenvalue weighted by atomic mass is 9.81. The molecule has 8 heteroatoms. The number of carbonyl (C=O) groups excluding carboxylic acids is 1. The SMILES string of the molecule is CN(C(=O)CSc1nc2ccccc2c(=O)n1Cc1cccnc1)C1(C#N)CCCCC1. The lowest BCUT2D eigenvalue weighted by Crippen LogP contribution is -2.50. The average molecular weight is 448 g/mol. The third kappa shape index (κ3) is 4.39. The van der Waals surface area contributed by atoms with Crippen LogP contribution in [0.1, 0.15) is 37.7 Å². The summed E-state index contributed by atoms with van der Waals surface area (Å²) in [5.74, 6) is -0.0219. The van der Waals surface area contributed by atoms with Crippen LogP contribution in [-0.2, 0) is 11.3 Å². The fraction of sp³-hybridized carbons (Fsp3) is 0.375. The Bertz CT molecular complexity index is 1210. The first-order valence-electron chi connectivity index (χ1n) is 10.7. The molecule has 2 heterocycles. The van der Waals surface area contributed by atoms with E-state index < -0.39 is 5.54 Å². The molecule has 0 radical (unpaired) electrons.